The Morgan fingerprint density at radius 1 is 1.03 bits per heavy atom. The molecule has 2 saturated heterocycles. The van der Waals surface area contributed by atoms with Crippen molar-refractivity contribution in [2.24, 2.45) is 11.8 Å². The molecule has 2 aliphatic rings. The lowest BCUT2D eigenvalue weighted by molar-refractivity contribution is 0.211. The number of halogens is 2. The van der Waals surface area contributed by atoms with Crippen LogP contribution in [-0.4, -0.2) is 52.0 Å². The monoisotopic (exact) mass is 483 g/mol. The Kier molecular flexibility index (Phi) is 6.35. The van der Waals surface area contributed by atoms with Crippen molar-refractivity contribution in [1.29, 1.82) is 0 Å². The normalized spacial score (nSPS) is 20.0. The Hall–Kier alpha value is -2.87. The number of benzene rings is 2. The van der Waals surface area contributed by atoms with Gasteiger partial charge in [-0.1, -0.05) is 35.3 Å². The second-order valence-corrected chi connectivity index (χ2v) is 9.32. The van der Waals surface area contributed by atoms with Crippen molar-refractivity contribution in [2.45, 2.75) is 6.54 Å². The molecule has 0 bridgehead atoms. The topological polar surface area (TPSA) is 70.6 Å². The second-order valence-electron chi connectivity index (χ2n) is 8.47. The van der Waals surface area contributed by atoms with Crippen molar-refractivity contribution in [3.8, 4) is 11.5 Å². The van der Waals surface area contributed by atoms with Gasteiger partial charge in [-0.05, 0) is 53.8 Å². The van der Waals surface area contributed by atoms with Gasteiger partial charge >= 0.3 is 6.03 Å². The van der Waals surface area contributed by atoms with Crippen LogP contribution in [-0.2, 0) is 6.54 Å². The number of amides is 2. The van der Waals surface area contributed by atoms with E-state index in [0.29, 0.717) is 27.7 Å². The lowest BCUT2D eigenvalue weighted by atomic mass is 10.0. The molecule has 2 fully saturated rings. The average molecular weight is 484 g/mol. The molecule has 3 aromatic rings. The minimum Gasteiger partial charge on any atom is -0.457 e. The second kappa shape index (κ2) is 9.55. The fourth-order valence-corrected chi connectivity index (χ4v) is 4.85. The molecular formula is C24H23Cl2N5O2. The number of rotatable bonds is 5. The lowest BCUT2D eigenvalue weighted by Gasteiger charge is -2.22. The van der Waals surface area contributed by atoms with Gasteiger partial charge in [0.25, 0.3) is 0 Å². The van der Waals surface area contributed by atoms with Crippen molar-refractivity contribution < 1.29 is 9.53 Å². The molecule has 1 aromatic heterocycles. The van der Waals surface area contributed by atoms with E-state index in [2.05, 4.69) is 32.3 Å². The molecule has 33 heavy (non-hydrogen) atoms. The van der Waals surface area contributed by atoms with E-state index in [-0.39, 0.29) is 6.03 Å². The smallest absolute Gasteiger partial charge is 0.323 e. The molecule has 3 heterocycles. The van der Waals surface area contributed by atoms with Crippen molar-refractivity contribution in [1.82, 2.24) is 19.8 Å². The van der Waals surface area contributed by atoms with Gasteiger partial charge in [-0.25, -0.2) is 14.8 Å². The zero-order chi connectivity index (χ0) is 22.8. The Morgan fingerprint density at radius 3 is 2.52 bits per heavy atom. The summed E-state index contributed by atoms with van der Waals surface area (Å²) in [6, 6.07) is 15.4. The van der Waals surface area contributed by atoms with Crippen molar-refractivity contribution >= 4 is 35.1 Å². The van der Waals surface area contributed by atoms with E-state index in [0.717, 1.165) is 44.2 Å². The molecule has 170 valence electrons. The number of likely N-dealkylation sites (tertiary alicyclic amines) is 2. The summed E-state index contributed by atoms with van der Waals surface area (Å²) in [5, 5.41) is 3.81. The third-order valence-electron chi connectivity index (χ3n) is 6.10. The molecule has 2 atom stereocenters. The number of anilines is 1. The first-order valence-electron chi connectivity index (χ1n) is 10.8. The Bertz CT molecular complexity index is 1130. The number of carbonyl (C=O) groups is 1. The van der Waals surface area contributed by atoms with Gasteiger partial charge in [0, 0.05) is 37.7 Å². The van der Waals surface area contributed by atoms with Crippen molar-refractivity contribution in [3.05, 3.63) is 76.7 Å². The fraction of sp³-hybridized carbons (Fsp3) is 0.292. The first-order chi connectivity index (χ1) is 16.0. The van der Waals surface area contributed by atoms with Crippen LogP contribution in [0.5, 0.6) is 11.5 Å². The SMILES string of the molecule is O=C(Nc1ncncc1Cl)N1C[C@H]2CN(Cc3cccc(Oc4ccc(Cl)cc4)c3)C[C@H]2C1. The largest absolute Gasteiger partial charge is 0.457 e. The standard InChI is InChI=1S/C24H23Cl2N5O2/c25-19-4-6-20(7-5-19)33-21-3-1-2-16(8-21)10-30-11-17-13-31(14-18(17)12-30)24(32)29-23-22(26)9-27-15-28-23/h1-9,15,17-18H,10-14H2,(H,27,28,29,32)/t17-,18+. The van der Waals surface area contributed by atoms with Gasteiger partial charge in [0.1, 0.15) is 22.8 Å². The highest BCUT2D eigenvalue weighted by Gasteiger charge is 2.41. The van der Waals surface area contributed by atoms with Crippen molar-refractivity contribution in [2.75, 3.05) is 31.5 Å². The molecule has 9 heteroatoms. The molecule has 0 aliphatic carbocycles. The van der Waals surface area contributed by atoms with Gasteiger partial charge in [-0.3, -0.25) is 10.2 Å². The van der Waals surface area contributed by atoms with Crippen LogP contribution in [0.25, 0.3) is 0 Å². The molecule has 2 aromatic carbocycles. The van der Waals surface area contributed by atoms with Gasteiger partial charge in [0.2, 0.25) is 0 Å². The predicted molar refractivity (Wildman–Crippen MR) is 128 cm³/mol. The maximum atomic E-state index is 12.6. The number of hydrogen-bond donors (Lipinski definition) is 1. The van der Waals surface area contributed by atoms with Gasteiger partial charge < -0.3 is 9.64 Å². The maximum absolute atomic E-state index is 12.6. The third kappa shape index (κ3) is 5.21. The van der Waals surface area contributed by atoms with Crippen molar-refractivity contribution in [3.63, 3.8) is 0 Å². The van der Waals surface area contributed by atoms with E-state index in [4.69, 9.17) is 27.9 Å². The molecule has 0 unspecified atom stereocenters. The maximum Gasteiger partial charge on any atom is 0.323 e. The summed E-state index contributed by atoms with van der Waals surface area (Å²) in [6.45, 7) is 4.24. The number of nitrogens with one attached hydrogen (secondary N) is 1. The molecule has 5 rings (SSSR count). The van der Waals surface area contributed by atoms with Crippen LogP contribution in [0.15, 0.2) is 61.1 Å². The Labute approximate surface area is 202 Å². The number of urea groups is 1. The average Bonchev–Trinajstić information content (AvgIpc) is 3.36. The highest BCUT2D eigenvalue weighted by molar-refractivity contribution is 6.33. The number of carbonyl (C=O) groups excluding carboxylic acids is 1. The van der Waals surface area contributed by atoms with Gasteiger partial charge in [-0.2, -0.15) is 0 Å². The Balaban J connectivity index is 1.14. The highest BCUT2D eigenvalue weighted by atomic mass is 35.5. The zero-order valence-corrected chi connectivity index (χ0v) is 19.3. The van der Waals surface area contributed by atoms with Gasteiger partial charge in [0.05, 0.1) is 6.20 Å². The van der Waals surface area contributed by atoms with Crippen LogP contribution in [0.1, 0.15) is 5.56 Å². The number of hydrogen-bond acceptors (Lipinski definition) is 5. The minimum absolute atomic E-state index is 0.163. The predicted octanol–water partition coefficient (Wildman–Crippen LogP) is 5.17. The Morgan fingerprint density at radius 2 is 1.79 bits per heavy atom. The first kappa shape index (κ1) is 21.9. The molecule has 7 nitrogen and oxygen atoms in total. The highest BCUT2D eigenvalue weighted by Crippen LogP contribution is 2.33. The van der Waals surface area contributed by atoms with E-state index in [1.807, 2.05) is 41.3 Å². The summed E-state index contributed by atoms with van der Waals surface area (Å²) >= 11 is 12.0. The summed E-state index contributed by atoms with van der Waals surface area (Å²) in [5.41, 5.74) is 1.20. The van der Waals surface area contributed by atoms with Gasteiger partial charge in [-0.15, -0.1) is 0 Å². The summed E-state index contributed by atoms with van der Waals surface area (Å²) in [7, 11) is 0. The third-order valence-corrected chi connectivity index (χ3v) is 6.62. The van der Waals surface area contributed by atoms with Crippen LogP contribution in [0.4, 0.5) is 10.6 Å². The summed E-state index contributed by atoms with van der Waals surface area (Å²) in [6.07, 6.45) is 2.84. The molecule has 0 spiro atoms. The van der Waals surface area contributed by atoms with Crippen LogP contribution >= 0.6 is 23.2 Å². The van der Waals surface area contributed by atoms with Gasteiger partial charge in [0.15, 0.2) is 5.82 Å². The molecule has 0 saturated carbocycles. The van der Waals surface area contributed by atoms with Crippen LogP contribution in [0.3, 0.4) is 0 Å². The lowest BCUT2D eigenvalue weighted by Crippen LogP contribution is -2.36. The zero-order valence-electron chi connectivity index (χ0n) is 17.8. The van der Waals surface area contributed by atoms with E-state index in [1.54, 1.807) is 0 Å². The molecule has 1 N–H and O–H groups in total. The molecule has 2 amide bonds. The quantitative estimate of drug-likeness (QED) is 0.541. The first-order valence-corrected chi connectivity index (χ1v) is 11.6. The van der Waals surface area contributed by atoms with Crippen LogP contribution < -0.4 is 10.1 Å². The van der Waals surface area contributed by atoms with E-state index >= 15 is 0 Å². The van der Waals surface area contributed by atoms with Crippen LogP contribution in [0.2, 0.25) is 10.0 Å². The van der Waals surface area contributed by atoms with E-state index in [9.17, 15) is 4.79 Å². The summed E-state index contributed by atoms with van der Waals surface area (Å²) < 4.78 is 5.96. The van der Waals surface area contributed by atoms with E-state index in [1.165, 1.54) is 18.1 Å². The molecular weight excluding hydrogens is 461 g/mol. The fourth-order valence-electron chi connectivity index (χ4n) is 4.57. The molecule has 2 aliphatic heterocycles. The van der Waals surface area contributed by atoms with E-state index < -0.39 is 0 Å². The number of fused-ring (bicyclic) bond motifs is 1. The number of aromatic nitrogens is 2. The number of ether oxygens (including phenoxy) is 1. The summed E-state index contributed by atoms with van der Waals surface area (Å²) in [4.78, 5) is 24.8. The summed E-state index contributed by atoms with van der Waals surface area (Å²) in [5.74, 6) is 2.83. The number of nitrogens with zero attached hydrogens (tertiary/aromatic N) is 4. The minimum atomic E-state index is -0.163. The molecule has 0 radical (unpaired) electrons. The van der Waals surface area contributed by atoms with Crippen LogP contribution in [0, 0.1) is 11.8 Å².